The highest BCUT2D eigenvalue weighted by Gasteiger charge is 2.36. The van der Waals surface area contributed by atoms with E-state index in [4.69, 9.17) is 11.5 Å². The quantitative estimate of drug-likeness (QED) is 0.503. The van der Waals surface area contributed by atoms with E-state index in [0.29, 0.717) is 11.4 Å². The van der Waals surface area contributed by atoms with Crippen molar-refractivity contribution in [3.63, 3.8) is 0 Å². The summed E-state index contributed by atoms with van der Waals surface area (Å²) >= 11 is 0. The summed E-state index contributed by atoms with van der Waals surface area (Å²) < 4.78 is 0. The van der Waals surface area contributed by atoms with Crippen molar-refractivity contribution in [2.75, 3.05) is 18.1 Å². The number of carbonyl (C=O) groups excluding carboxylic acids is 3. The Kier molecular flexibility index (Phi) is 3.12. The molecule has 0 spiro atoms. The molecule has 1 unspecified atom stereocenters. The molecule has 7 nitrogen and oxygen atoms in total. The van der Waals surface area contributed by atoms with Gasteiger partial charge in [-0.05, 0) is 18.2 Å². The molecule has 2 rings (SSSR count). The Balaban J connectivity index is 2.27. The largest absolute Gasteiger partial charge is 0.399 e. The molecule has 1 heterocycles. The van der Waals surface area contributed by atoms with Crippen LogP contribution in [0.1, 0.15) is 16.8 Å². The van der Waals surface area contributed by atoms with Crippen molar-refractivity contribution >= 4 is 29.1 Å². The third-order valence-electron chi connectivity index (χ3n) is 3.02. The van der Waals surface area contributed by atoms with Gasteiger partial charge < -0.3 is 16.8 Å². The van der Waals surface area contributed by atoms with Crippen LogP contribution < -0.4 is 16.8 Å². The molecule has 1 aromatic carbocycles. The summed E-state index contributed by atoms with van der Waals surface area (Å²) in [6.07, 6.45) is 0.0535. The van der Waals surface area contributed by atoms with Gasteiger partial charge in [0.25, 0.3) is 11.8 Å². The molecule has 0 bridgehead atoms. The number of hydrogen-bond acceptors (Lipinski definition) is 5. The number of benzene rings is 1. The molecule has 1 fully saturated rings. The molecule has 1 aliphatic rings. The summed E-state index contributed by atoms with van der Waals surface area (Å²) in [6, 6.07) is 3.89. The van der Waals surface area contributed by atoms with Gasteiger partial charge in [-0.3, -0.25) is 19.3 Å². The van der Waals surface area contributed by atoms with E-state index >= 15 is 0 Å². The van der Waals surface area contributed by atoms with E-state index in [1.807, 2.05) is 0 Å². The first kappa shape index (κ1) is 12.9. The van der Waals surface area contributed by atoms with Crippen LogP contribution in [0.15, 0.2) is 18.2 Å². The van der Waals surface area contributed by atoms with Crippen LogP contribution in [0.25, 0.3) is 0 Å². The Morgan fingerprint density at radius 2 is 2.11 bits per heavy atom. The number of nitrogens with two attached hydrogens (primary N) is 2. The number of nitrogens with zero attached hydrogens (tertiary/aromatic N) is 1. The van der Waals surface area contributed by atoms with Crippen molar-refractivity contribution in [1.82, 2.24) is 4.90 Å². The molecule has 5 N–H and O–H groups in total. The fourth-order valence-electron chi connectivity index (χ4n) is 1.95. The fourth-order valence-corrected chi connectivity index (χ4v) is 1.95. The van der Waals surface area contributed by atoms with Gasteiger partial charge in [-0.1, -0.05) is 0 Å². The Hall–Kier alpha value is -2.57. The molecule has 1 atom stereocenters. The first-order chi connectivity index (χ1) is 8.90. The number of likely N-dealkylation sites (tertiary alicyclic amines) is 1. The van der Waals surface area contributed by atoms with Gasteiger partial charge in [0.2, 0.25) is 5.91 Å². The number of carbonyl (C=O) groups is 3. The predicted octanol–water partition coefficient (Wildman–Crippen LogP) is -0.463. The standard InChI is InChI=1S/C12H14N4O3/c1-16-10(17)5-9(12(16)19)15-8-3-2-6(13)4-7(8)11(14)18/h2-4,9,15H,5,13H2,1H3,(H2,14,18). The molecule has 100 valence electrons. The highest BCUT2D eigenvalue weighted by atomic mass is 16.2. The molecule has 19 heavy (non-hydrogen) atoms. The fraction of sp³-hybridized carbons (Fsp3) is 0.250. The average Bonchev–Trinajstić information content (AvgIpc) is 2.59. The maximum atomic E-state index is 11.8. The number of nitrogen functional groups attached to an aromatic ring is 1. The Morgan fingerprint density at radius 3 is 2.63 bits per heavy atom. The molecule has 1 aromatic rings. The van der Waals surface area contributed by atoms with Crippen molar-refractivity contribution in [2.45, 2.75) is 12.5 Å². The minimum absolute atomic E-state index is 0.0535. The molecule has 0 radical (unpaired) electrons. The number of amides is 3. The molecule has 7 heteroatoms. The molecule has 0 aliphatic carbocycles. The first-order valence-corrected chi connectivity index (χ1v) is 5.66. The lowest BCUT2D eigenvalue weighted by atomic mass is 10.1. The third-order valence-corrected chi connectivity index (χ3v) is 3.02. The van der Waals surface area contributed by atoms with Gasteiger partial charge in [-0.25, -0.2) is 0 Å². The van der Waals surface area contributed by atoms with Crippen molar-refractivity contribution in [3.8, 4) is 0 Å². The maximum Gasteiger partial charge on any atom is 0.251 e. The number of likely N-dealkylation sites (N-methyl/N-ethyl adjacent to an activating group) is 1. The van der Waals surface area contributed by atoms with Crippen molar-refractivity contribution in [1.29, 1.82) is 0 Å². The Bertz CT molecular complexity index is 570. The maximum absolute atomic E-state index is 11.8. The molecule has 3 amide bonds. The average molecular weight is 262 g/mol. The molecule has 0 saturated carbocycles. The van der Waals surface area contributed by atoms with E-state index in [2.05, 4.69) is 5.32 Å². The van der Waals surface area contributed by atoms with Gasteiger partial charge in [-0.2, -0.15) is 0 Å². The van der Waals surface area contributed by atoms with Gasteiger partial charge in [0.15, 0.2) is 0 Å². The number of nitrogens with one attached hydrogen (secondary N) is 1. The second-order valence-electron chi connectivity index (χ2n) is 4.36. The summed E-state index contributed by atoms with van der Waals surface area (Å²) in [5.41, 5.74) is 11.8. The molecule has 1 saturated heterocycles. The van der Waals surface area contributed by atoms with Gasteiger partial charge in [0.05, 0.1) is 12.0 Å². The van der Waals surface area contributed by atoms with Gasteiger partial charge in [-0.15, -0.1) is 0 Å². The second kappa shape index (κ2) is 4.60. The van der Waals surface area contributed by atoms with Crippen LogP contribution in [-0.4, -0.2) is 35.7 Å². The lowest BCUT2D eigenvalue weighted by molar-refractivity contribution is -0.136. The zero-order valence-corrected chi connectivity index (χ0v) is 10.3. The minimum Gasteiger partial charge on any atom is -0.399 e. The monoisotopic (exact) mass is 262 g/mol. The summed E-state index contributed by atoms with van der Waals surface area (Å²) in [7, 11) is 1.42. The second-order valence-corrected chi connectivity index (χ2v) is 4.36. The Morgan fingerprint density at radius 1 is 1.42 bits per heavy atom. The zero-order valence-electron chi connectivity index (χ0n) is 10.3. The normalized spacial score (nSPS) is 18.8. The van der Waals surface area contributed by atoms with E-state index in [1.165, 1.54) is 13.1 Å². The lowest BCUT2D eigenvalue weighted by Crippen LogP contribution is -2.32. The van der Waals surface area contributed by atoms with Crippen molar-refractivity contribution in [2.24, 2.45) is 5.73 Å². The van der Waals surface area contributed by atoms with Crippen molar-refractivity contribution < 1.29 is 14.4 Å². The van der Waals surface area contributed by atoms with E-state index in [-0.39, 0.29) is 23.8 Å². The number of primary amides is 1. The topological polar surface area (TPSA) is 119 Å². The van der Waals surface area contributed by atoms with Crippen LogP contribution in [0.4, 0.5) is 11.4 Å². The number of rotatable bonds is 3. The van der Waals surface area contributed by atoms with Crippen LogP contribution in [-0.2, 0) is 9.59 Å². The number of imide groups is 1. The van der Waals surface area contributed by atoms with Crippen LogP contribution in [0.2, 0.25) is 0 Å². The van der Waals surface area contributed by atoms with Crippen LogP contribution >= 0.6 is 0 Å². The summed E-state index contributed by atoms with van der Waals surface area (Å²) in [6.45, 7) is 0. The zero-order chi connectivity index (χ0) is 14.2. The predicted molar refractivity (Wildman–Crippen MR) is 69.2 cm³/mol. The molecule has 1 aliphatic heterocycles. The van der Waals surface area contributed by atoms with Gasteiger partial charge in [0.1, 0.15) is 6.04 Å². The molecular formula is C12H14N4O3. The van der Waals surface area contributed by atoms with E-state index in [9.17, 15) is 14.4 Å². The molecule has 0 aromatic heterocycles. The van der Waals surface area contributed by atoms with Crippen LogP contribution in [0, 0.1) is 0 Å². The lowest BCUT2D eigenvalue weighted by Gasteiger charge is -2.15. The van der Waals surface area contributed by atoms with E-state index < -0.39 is 11.9 Å². The first-order valence-electron chi connectivity index (χ1n) is 5.66. The van der Waals surface area contributed by atoms with Crippen molar-refractivity contribution in [3.05, 3.63) is 23.8 Å². The van der Waals surface area contributed by atoms with E-state index in [0.717, 1.165) is 4.90 Å². The van der Waals surface area contributed by atoms with Gasteiger partial charge in [0, 0.05) is 18.4 Å². The van der Waals surface area contributed by atoms with Gasteiger partial charge >= 0.3 is 0 Å². The number of hydrogen-bond donors (Lipinski definition) is 3. The van der Waals surface area contributed by atoms with E-state index in [1.54, 1.807) is 12.1 Å². The minimum atomic E-state index is -0.681. The summed E-state index contributed by atoms with van der Waals surface area (Å²) in [5.74, 6) is -1.25. The van der Waals surface area contributed by atoms with Crippen LogP contribution in [0.3, 0.4) is 0 Å². The highest BCUT2D eigenvalue weighted by Crippen LogP contribution is 2.22. The SMILES string of the molecule is CN1C(=O)CC(Nc2ccc(N)cc2C(N)=O)C1=O. The highest BCUT2D eigenvalue weighted by molar-refractivity contribution is 6.07. The summed E-state index contributed by atoms with van der Waals surface area (Å²) in [5, 5.41) is 2.86. The van der Waals surface area contributed by atoms with Crippen LogP contribution in [0.5, 0.6) is 0 Å². The third kappa shape index (κ3) is 2.35. The Labute approximate surface area is 109 Å². The molecular weight excluding hydrogens is 248 g/mol. The number of anilines is 2. The smallest absolute Gasteiger partial charge is 0.251 e. The summed E-state index contributed by atoms with van der Waals surface area (Å²) in [4.78, 5) is 35.6.